The van der Waals surface area contributed by atoms with Gasteiger partial charge in [-0.25, -0.2) is 4.79 Å². The van der Waals surface area contributed by atoms with Crippen LogP contribution < -0.4 is 15.4 Å². The molecule has 9 nitrogen and oxygen atoms in total. The Labute approximate surface area is 157 Å². The SMILES string of the molecule is CC[C@@]1(C)NC(=O)N(CC(=O)O[C@@H](C)C(=O)Nc2ccccc2OC)C1=O. The highest BCUT2D eigenvalue weighted by atomic mass is 16.5. The quantitative estimate of drug-likeness (QED) is 0.547. The number of nitrogens with one attached hydrogen (secondary N) is 2. The molecule has 0 spiro atoms. The number of amides is 4. The maximum atomic E-state index is 12.3. The van der Waals surface area contributed by atoms with Crippen LogP contribution in [0.4, 0.5) is 10.5 Å². The highest BCUT2D eigenvalue weighted by Crippen LogP contribution is 2.23. The molecule has 1 fully saturated rings. The van der Waals surface area contributed by atoms with Gasteiger partial charge in [-0.05, 0) is 32.4 Å². The van der Waals surface area contributed by atoms with Gasteiger partial charge in [-0.2, -0.15) is 0 Å². The van der Waals surface area contributed by atoms with Gasteiger partial charge in [-0.3, -0.25) is 19.3 Å². The first-order valence-electron chi connectivity index (χ1n) is 8.49. The Hall–Kier alpha value is -3.10. The summed E-state index contributed by atoms with van der Waals surface area (Å²) < 4.78 is 10.2. The summed E-state index contributed by atoms with van der Waals surface area (Å²) in [5, 5.41) is 5.14. The van der Waals surface area contributed by atoms with Gasteiger partial charge < -0.3 is 20.1 Å². The molecule has 1 aromatic rings. The first kappa shape index (κ1) is 20.2. The standard InChI is InChI=1S/C18H23N3O6/c1-5-18(3)16(24)21(17(25)20-18)10-14(22)27-11(2)15(23)19-12-8-6-7-9-13(12)26-4/h6-9,11H,5,10H2,1-4H3,(H,19,23)(H,20,25)/t11-,18+/m0/s1. The van der Waals surface area contributed by atoms with Crippen molar-refractivity contribution in [3.8, 4) is 5.75 Å². The molecule has 0 saturated carbocycles. The summed E-state index contributed by atoms with van der Waals surface area (Å²) in [5.41, 5.74) is -0.606. The predicted octanol–water partition coefficient (Wildman–Crippen LogP) is 1.29. The van der Waals surface area contributed by atoms with Crippen molar-refractivity contribution in [2.75, 3.05) is 19.0 Å². The third kappa shape index (κ3) is 4.36. The van der Waals surface area contributed by atoms with Crippen LogP contribution in [0.5, 0.6) is 5.75 Å². The maximum Gasteiger partial charge on any atom is 0.327 e. The van der Waals surface area contributed by atoms with Crippen LogP contribution in [-0.2, 0) is 19.1 Å². The first-order chi connectivity index (χ1) is 12.7. The van der Waals surface area contributed by atoms with Crippen LogP contribution in [0.1, 0.15) is 27.2 Å². The fraction of sp³-hybridized carbons (Fsp3) is 0.444. The maximum absolute atomic E-state index is 12.3. The number of methoxy groups -OCH3 is 1. The average Bonchev–Trinajstić information content (AvgIpc) is 2.85. The zero-order valence-electron chi connectivity index (χ0n) is 15.7. The highest BCUT2D eigenvalue weighted by Gasteiger charge is 2.47. The van der Waals surface area contributed by atoms with Crippen LogP contribution in [0.15, 0.2) is 24.3 Å². The number of hydrogen-bond donors (Lipinski definition) is 2. The Balaban J connectivity index is 1.94. The zero-order valence-corrected chi connectivity index (χ0v) is 15.7. The number of benzene rings is 1. The van der Waals surface area contributed by atoms with Crippen LogP contribution in [0, 0.1) is 0 Å². The molecule has 0 bridgehead atoms. The van der Waals surface area contributed by atoms with Crippen molar-refractivity contribution in [2.45, 2.75) is 38.8 Å². The molecule has 2 rings (SSSR count). The number of hydrogen-bond acceptors (Lipinski definition) is 6. The minimum absolute atomic E-state index is 0.390. The molecule has 1 aromatic carbocycles. The molecule has 27 heavy (non-hydrogen) atoms. The number of carbonyl (C=O) groups is 4. The molecule has 9 heteroatoms. The molecule has 1 aliphatic heterocycles. The Kier molecular flexibility index (Phi) is 6.04. The number of esters is 1. The van der Waals surface area contributed by atoms with Crippen LogP contribution in [-0.4, -0.2) is 54.0 Å². The first-order valence-corrected chi connectivity index (χ1v) is 8.49. The normalized spacial score (nSPS) is 20.1. The van der Waals surface area contributed by atoms with E-state index in [1.807, 2.05) is 0 Å². The van der Waals surface area contributed by atoms with Crippen LogP contribution >= 0.6 is 0 Å². The largest absolute Gasteiger partial charge is 0.495 e. The van der Waals surface area contributed by atoms with Gasteiger partial charge in [-0.1, -0.05) is 19.1 Å². The van der Waals surface area contributed by atoms with Crippen molar-refractivity contribution in [1.29, 1.82) is 0 Å². The van der Waals surface area contributed by atoms with Crippen molar-refractivity contribution < 1.29 is 28.7 Å². The van der Waals surface area contributed by atoms with Gasteiger partial charge in [0.1, 0.15) is 17.8 Å². The minimum atomic E-state index is -1.12. The Morgan fingerprint density at radius 2 is 1.96 bits per heavy atom. The van der Waals surface area contributed by atoms with Crippen LogP contribution in [0.3, 0.4) is 0 Å². The topological polar surface area (TPSA) is 114 Å². The molecule has 2 N–H and O–H groups in total. The lowest BCUT2D eigenvalue weighted by Crippen LogP contribution is -2.44. The smallest absolute Gasteiger partial charge is 0.327 e. The predicted molar refractivity (Wildman–Crippen MR) is 96.1 cm³/mol. The van der Waals surface area contributed by atoms with E-state index in [0.29, 0.717) is 17.9 Å². The van der Waals surface area contributed by atoms with Crippen molar-refractivity contribution in [3.05, 3.63) is 24.3 Å². The van der Waals surface area contributed by atoms with Gasteiger partial charge in [-0.15, -0.1) is 0 Å². The third-order valence-electron chi connectivity index (χ3n) is 4.38. The van der Waals surface area contributed by atoms with Crippen molar-refractivity contribution in [1.82, 2.24) is 10.2 Å². The van der Waals surface area contributed by atoms with E-state index in [4.69, 9.17) is 9.47 Å². The van der Waals surface area contributed by atoms with E-state index in [9.17, 15) is 19.2 Å². The fourth-order valence-electron chi connectivity index (χ4n) is 2.53. The molecule has 4 amide bonds. The van der Waals surface area contributed by atoms with E-state index < -0.39 is 42.0 Å². The molecule has 0 radical (unpaired) electrons. The number of ether oxygens (including phenoxy) is 2. The lowest BCUT2D eigenvalue weighted by molar-refractivity contribution is -0.155. The van der Waals surface area contributed by atoms with Crippen LogP contribution in [0.2, 0.25) is 0 Å². The van der Waals surface area contributed by atoms with Crippen molar-refractivity contribution in [2.24, 2.45) is 0 Å². The number of para-hydroxylation sites is 2. The number of urea groups is 1. The van der Waals surface area contributed by atoms with Crippen molar-refractivity contribution >= 4 is 29.5 Å². The van der Waals surface area contributed by atoms with Gasteiger partial charge in [0.05, 0.1) is 12.8 Å². The number of imide groups is 1. The Morgan fingerprint density at radius 3 is 2.56 bits per heavy atom. The van der Waals surface area contributed by atoms with E-state index >= 15 is 0 Å². The third-order valence-corrected chi connectivity index (χ3v) is 4.38. The minimum Gasteiger partial charge on any atom is -0.495 e. The summed E-state index contributed by atoms with van der Waals surface area (Å²) in [6, 6.07) is 6.13. The Morgan fingerprint density at radius 1 is 1.30 bits per heavy atom. The summed E-state index contributed by atoms with van der Waals surface area (Å²) in [6.45, 7) is 4.17. The number of anilines is 1. The molecular formula is C18H23N3O6. The lowest BCUT2D eigenvalue weighted by atomic mass is 9.99. The second kappa shape index (κ2) is 8.07. The molecule has 0 unspecified atom stereocenters. The molecule has 1 heterocycles. The second-order valence-corrected chi connectivity index (χ2v) is 6.33. The molecule has 0 aliphatic carbocycles. The number of nitrogens with zero attached hydrogens (tertiary/aromatic N) is 1. The van der Waals surface area contributed by atoms with E-state index in [1.165, 1.54) is 14.0 Å². The molecule has 1 saturated heterocycles. The van der Waals surface area contributed by atoms with E-state index in [2.05, 4.69) is 10.6 Å². The summed E-state index contributed by atoms with van der Waals surface area (Å²) in [4.78, 5) is 49.3. The van der Waals surface area contributed by atoms with Gasteiger partial charge in [0.25, 0.3) is 11.8 Å². The van der Waals surface area contributed by atoms with Gasteiger partial charge in [0, 0.05) is 0 Å². The molecule has 2 atom stereocenters. The number of rotatable bonds is 7. The van der Waals surface area contributed by atoms with E-state index in [-0.39, 0.29) is 0 Å². The van der Waals surface area contributed by atoms with Crippen molar-refractivity contribution in [3.63, 3.8) is 0 Å². The fourth-order valence-corrected chi connectivity index (χ4v) is 2.53. The zero-order chi connectivity index (χ0) is 20.2. The summed E-state index contributed by atoms with van der Waals surface area (Å²) in [7, 11) is 1.47. The Bertz CT molecular complexity index is 765. The summed E-state index contributed by atoms with van der Waals surface area (Å²) in [6.07, 6.45) is -0.735. The van der Waals surface area contributed by atoms with E-state index in [1.54, 1.807) is 38.1 Å². The van der Waals surface area contributed by atoms with Crippen LogP contribution in [0.25, 0.3) is 0 Å². The molecule has 146 valence electrons. The number of carbonyl (C=O) groups excluding carboxylic acids is 4. The second-order valence-electron chi connectivity index (χ2n) is 6.33. The summed E-state index contributed by atoms with van der Waals surface area (Å²) >= 11 is 0. The summed E-state index contributed by atoms with van der Waals surface area (Å²) in [5.74, 6) is -1.47. The average molecular weight is 377 g/mol. The molecule has 1 aliphatic rings. The monoisotopic (exact) mass is 377 g/mol. The highest BCUT2D eigenvalue weighted by molar-refractivity contribution is 6.08. The van der Waals surface area contributed by atoms with Gasteiger partial charge in [0.15, 0.2) is 6.10 Å². The molecule has 0 aromatic heterocycles. The van der Waals surface area contributed by atoms with Gasteiger partial charge >= 0.3 is 12.0 Å². The van der Waals surface area contributed by atoms with E-state index in [0.717, 1.165) is 4.90 Å². The molecular weight excluding hydrogens is 354 g/mol. The lowest BCUT2D eigenvalue weighted by Gasteiger charge is -2.19. The van der Waals surface area contributed by atoms with Gasteiger partial charge in [0.2, 0.25) is 0 Å².